The smallest absolute Gasteiger partial charge is 0.410 e. The molecular weight excluding hydrogens is 763 g/mol. The SMILES string of the molecule is CCc1[nH]c(C(=O)N[C@@H]2CCN(C(=O)OC(C)(C)C)C[C@H]2NC(C)C)nc1Cl.CCc1[nH]c(C(=O)N[C@H]2CCN(C(=O)OC(C)(C)C)C[C@H]2NC(C)C)nc1Cl. The van der Waals surface area contributed by atoms with Crippen molar-refractivity contribution in [2.45, 2.75) is 156 Å². The van der Waals surface area contributed by atoms with Gasteiger partial charge in [-0.15, -0.1) is 0 Å². The van der Waals surface area contributed by atoms with Crippen molar-refractivity contribution in [3.05, 3.63) is 33.3 Å². The van der Waals surface area contributed by atoms with Gasteiger partial charge in [0.05, 0.1) is 11.4 Å². The van der Waals surface area contributed by atoms with Crippen LogP contribution in [-0.4, -0.2) is 127 Å². The molecule has 56 heavy (non-hydrogen) atoms. The van der Waals surface area contributed by atoms with E-state index in [1.807, 2.05) is 83.1 Å². The number of nitrogens with zero attached hydrogens (tertiary/aromatic N) is 4. The fourth-order valence-corrected chi connectivity index (χ4v) is 6.89. The van der Waals surface area contributed by atoms with Crippen molar-refractivity contribution in [3.8, 4) is 0 Å². The Kier molecular flexibility index (Phi) is 16.9. The Hall–Kier alpha value is -3.60. The predicted molar refractivity (Wildman–Crippen MR) is 217 cm³/mol. The summed E-state index contributed by atoms with van der Waals surface area (Å²) in [5, 5.41) is 13.6. The topological polar surface area (TPSA) is 199 Å². The highest BCUT2D eigenvalue weighted by Gasteiger charge is 2.37. The molecule has 4 rings (SSSR count). The van der Waals surface area contributed by atoms with Crippen LogP contribution in [0.3, 0.4) is 0 Å². The van der Waals surface area contributed by atoms with Gasteiger partial charge in [-0.05, 0) is 67.2 Å². The number of hydrogen-bond acceptors (Lipinski definition) is 10. The van der Waals surface area contributed by atoms with E-state index in [0.717, 1.165) is 11.4 Å². The van der Waals surface area contributed by atoms with Crippen LogP contribution in [0.15, 0.2) is 0 Å². The number of carbonyl (C=O) groups is 4. The summed E-state index contributed by atoms with van der Waals surface area (Å²) in [7, 11) is 0. The van der Waals surface area contributed by atoms with Crippen LogP contribution in [0, 0.1) is 0 Å². The van der Waals surface area contributed by atoms with E-state index in [-0.39, 0.29) is 71.9 Å². The number of ether oxygens (including phenoxy) is 2. The van der Waals surface area contributed by atoms with Crippen LogP contribution >= 0.6 is 23.2 Å². The molecule has 2 aromatic rings. The lowest BCUT2D eigenvalue weighted by atomic mass is 9.98. The van der Waals surface area contributed by atoms with Gasteiger partial charge < -0.3 is 50.5 Å². The monoisotopic (exact) mass is 826 g/mol. The summed E-state index contributed by atoms with van der Waals surface area (Å²) in [6, 6.07) is -0.0619. The summed E-state index contributed by atoms with van der Waals surface area (Å²) in [6.07, 6.45) is 1.90. The Morgan fingerprint density at radius 2 is 1.02 bits per heavy atom. The minimum absolute atomic E-state index is 0.0960. The van der Waals surface area contributed by atoms with Crippen molar-refractivity contribution in [2.75, 3.05) is 26.2 Å². The molecule has 316 valence electrons. The number of carbonyl (C=O) groups excluding carboxylic acids is 4. The number of aromatic amines is 2. The van der Waals surface area contributed by atoms with Gasteiger partial charge in [-0.1, -0.05) is 64.7 Å². The molecule has 4 atom stereocenters. The molecule has 2 aliphatic rings. The minimum Gasteiger partial charge on any atom is -0.444 e. The fourth-order valence-electron chi connectivity index (χ4n) is 6.36. The van der Waals surface area contributed by atoms with E-state index >= 15 is 0 Å². The van der Waals surface area contributed by atoms with Gasteiger partial charge >= 0.3 is 12.2 Å². The van der Waals surface area contributed by atoms with Crippen molar-refractivity contribution in [1.29, 1.82) is 0 Å². The highest BCUT2D eigenvalue weighted by Crippen LogP contribution is 2.20. The summed E-state index contributed by atoms with van der Waals surface area (Å²) in [5.41, 5.74) is 0.393. The quantitative estimate of drug-likeness (QED) is 0.179. The van der Waals surface area contributed by atoms with Gasteiger partial charge in [0.15, 0.2) is 22.0 Å². The average molecular weight is 828 g/mol. The van der Waals surface area contributed by atoms with Gasteiger partial charge in [0.25, 0.3) is 11.8 Å². The first-order valence-corrected chi connectivity index (χ1v) is 20.3. The number of piperidine rings is 2. The largest absolute Gasteiger partial charge is 0.444 e. The third-order valence-corrected chi connectivity index (χ3v) is 9.48. The zero-order chi connectivity index (χ0) is 42.1. The third-order valence-electron chi connectivity index (χ3n) is 8.85. The molecule has 6 N–H and O–H groups in total. The highest BCUT2D eigenvalue weighted by atomic mass is 35.5. The summed E-state index contributed by atoms with van der Waals surface area (Å²) in [5.74, 6) is -0.180. The third kappa shape index (κ3) is 14.4. The maximum atomic E-state index is 12.6. The normalized spacial score (nSPS) is 20.4. The molecule has 0 aromatic carbocycles. The van der Waals surface area contributed by atoms with Crippen molar-refractivity contribution in [2.24, 2.45) is 0 Å². The number of H-pyrrole nitrogens is 2. The highest BCUT2D eigenvalue weighted by molar-refractivity contribution is 6.30. The van der Waals surface area contributed by atoms with Crippen LogP contribution in [0.1, 0.15) is 129 Å². The van der Waals surface area contributed by atoms with Crippen LogP contribution < -0.4 is 21.3 Å². The first kappa shape index (κ1) is 46.8. The van der Waals surface area contributed by atoms with E-state index in [0.29, 0.717) is 62.2 Å². The Labute approximate surface area is 341 Å². The lowest BCUT2D eigenvalue weighted by Gasteiger charge is -2.40. The molecule has 18 heteroatoms. The number of hydrogen-bond donors (Lipinski definition) is 6. The Morgan fingerprint density at radius 1 is 0.679 bits per heavy atom. The van der Waals surface area contributed by atoms with Crippen molar-refractivity contribution < 1.29 is 28.7 Å². The second-order valence-corrected chi connectivity index (χ2v) is 17.6. The molecule has 4 heterocycles. The van der Waals surface area contributed by atoms with Crippen molar-refractivity contribution >= 4 is 47.2 Å². The summed E-state index contributed by atoms with van der Waals surface area (Å²) in [4.78, 5) is 67.7. The molecule has 0 saturated carbocycles. The first-order valence-electron chi connectivity index (χ1n) is 19.6. The van der Waals surface area contributed by atoms with Gasteiger partial charge in [-0.2, -0.15) is 0 Å². The molecule has 0 bridgehead atoms. The summed E-state index contributed by atoms with van der Waals surface area (Å²) < 4.78 is 11.0. The van der Waals surface area contributed by atoms with E-state index in [2.05, 4.69) is 41.2 Å². The van der Waals surface area contributed by atoms with Crippen molar-refractivity contribution in [1.82, 2.24) is 51.0 Å². The second-order valence-electron chi connectivity index (χ2n) is 16.9. The van der Waals surface area contributed by atoms with Gasteiger partial charge in [-0.25, -0.2) is 19.6 Å². The van der Waals surface area contributed by atoms with Gasteiger partial charge in [0, 0.05) is 62.4 Å². The first-order chi connectivity index (χ1) is 26.0. The molecule has 2 saturated heterocycles. The molecule has 16 nitrogen and oxygen atoms in total. The van der Waals surface area contributed by atoms with Crippen LogP contribution in [0.4, 0.5) is 9.59 Å². The number of imidazole rings is 2. The Morgan fingerprint density at radius 3 is 1.29 bits per heavy atom. The van der Waals surface area contributed by atoms with Gasteiger partial charge in [0.1, 0.15) is 11.2 Å². The zero-order valence-electron chi connectivity index (χ0n) is 35.1. The van der Waals surface area contributed by atoms with Crippen LogP contribution in [0.5, 0.6) is 0 Å². The average Bonchev–Trinajstić information content (AvgIpc) is 3.66. The predicted octanol–water partition coefficient (Wildman–Crippen LogP) is 5.46. The standard InChI is InChI=1S/2C19H32ClN5O3/c2*1-7-12-15(20)24-16(22-12)17(26)23-13-8-9-25(10-14(13)21-11(2)3)18(27)28-19(4,5)6/h2*11,13-14,21H,7-10H2,1-6H3,(H,22,24)(H,23,26)/t13-,14+;13-,14-/m01/s1. The summed E-state index contributed by atoms with van der Waals surface area (Å²) in [6.45, 7) is 25.0. The van der Waals surface area contributed by atoms with E-state index < -0.39 is 11.2 Å². The van der Waals surface area contributed by atoms with E-state index in [9.17, 15) is 19.2 Å². The maximum absolute atomic E-state index is 12.6. The number of aryl methyl sites for hydroxylation is 2. The fraction of sp³-hybridized carbons (Fsp3) is 0.737. The van der Waals surface area contributed by atoms with Gasteiger partial charge in [0.2, 0.25) is 0 Å². The molecule has 0 spiro atoms. The summed E-state index contributed by atoms with van der Waals surface area (Å²) >= 11 is 12.1. The number of nitrogens with one attached hydrogen (secondary N) is 6. The zero-order valence-corrected chi connectivity index (χ0v) is 36.6. The molecule has 0 unspecified atom stereocenters. The molecule has 4 amide bonds. The van der Waals surface area contributed by atoms with E-state index in [1.165, 1.54) is 0 Å². The number of likely N-dealkylation sites (tertiary alicyclic amines) is 2. The molecule has 2 fully saturated rings. The number of halogens is 2. The molecule has 2 aromatic heterocycles. The van der Waals surface area contributed by atoms with E-state index in [1.54, 1.807) is 9.80 Å². The second kappa shape index (κ2) is 20.2. The lowest BCUT2D eigenvalue weighted by Crippen LogP contribution is -2.61. The van der Waals surface area contributed by atoms with Crippen LogP contribution in [-0.2, 0) is 22.3 Å². The number of aromatic nitrogens is 4. The minimum atomic E-state index is -0.543. The van der Waals surface area contributed by atoms with Crippen molar-refractivity contribution in [3.63, 3.8) is 0 Å². The van der Waals surface area contributed by atoms with Crippen LogP contribution in [0.2, 0.25) is 10.3 Å². The molecule has 2 aliphatic heterocycles. The molecule has 0 radical (unpaired) electrons. The maximum Gasteiger partial charge on any atom is 0.410 e. The lowest BCUT2D eigenvalue weighted by molar-refractivity contribution is 0.0148. The molecule has 0 aliphatic carbocycles. The Bertz CT molecular complexity index is 1510. The van der Waals surface area contributed by atoms with E-state index in [4.69, 9.17) is 32.7 Å². The number of rotatable bonds is 10. The Balaban J connectivity index is 0.000000300. The van der Waals surface area contributed by atoms with Crippen LogP contribution in [0.25, 0.3) is 0 Å². The molecular formula is C38H64Cl2N10O6. The number of amides is 4. The van der Waals surface area contributed by atoms with Gasteiger partial charge in [-0.3, -0.25) is 9.59 Å².